The summed E-state index contributed by atoms with van der Waals surface area (Å²) >= 11 is 0. The van der Waals surface area contributed by atoms with Gasteiger partial charge in [0, 0.05) is 36.2 Å². The van der Waals surface area contributed by atoms with Crippen LogP contribution in [0.25, 0.3) is 10.9 Å². The van der Waals surface area contributed by atoms with Crippen molar-refractivity contribution in [3.63, 3.8) is 0 Å². The van der Waals surface area contributed by atoms with Crippen LogP contribution in [-0.2, 0) is 4.79 Å². The number of carbonyl (C=O) groups excluding carboxylic acids is 3. The molecule has 1 fully saturated rings. The lowest BCUT2D eigenvalue weighted by Gasteiger charge is -2.39. The average molecular weight is 388 g/mol. The van der Waals surface area contributed by atoms with Crippen LogP contribution in [0.5, 0.6) is 0 Å². The van der Waals surface area contributed by atoms with Gasteiger partial charge in [-0.25, -0.2) is 4.79 Å². The molecule has 146 valence electrons. The molecule has 3 heterocycles. The zero-order valence-corrected chi connectivity index (χ0v) is 15.7. The van der Waals surface area contributed by atoms with Crippen LogP contribution in [-0.4, -0.2) is 57.5 Å². The van der Waals surface area contributed by atoms with Crippen molar-refractivity contribution in [2.24, 2.45) is 10.9 Å². The largest absolute Gasteiger partial charge is 0.360 e. The van der Waals surface area contributed by atoms with Crippen LogP contribution in [0.3, 0.4) is 0 Å². The molecule has 29 heavy (non-hydrogen) atoms. The van der Waals surface area contributed by atoms with Crippen LogP contribution in [0.4, 0.5) is 4.79 Å². The number of carbonyl (C=O) groups is 3. The molecular weight excluding hydrogens is 368 g/mol. The van der Waals surface area contributed by atoms with E-state index in [4.69, 9.17) is 0 Å². The Labute approximate surface area is 167 Å². The molecule has 1 aromatic heterocycles. The van der Waals surface area contributed by atoms with Gasteiger partial charge in [0.25, 0.3) is 5.91 Å². The van der Waals surface area contributed by atoms with E-state index in [9.17, 15) is 14.4 Å². The Kier molecular flexibility index (Phi) is 4.16. The molecule has 1 aliphatic carbocycles. The summed E-state index contributed by atoms with van der Waals surface area (Å²) in [5.74, 6) is -0.733. The Morgan fingerprint density at radius 2 is 1.90 bits per heavy atom. The number of benzene rings is 1. The molecule has 1 N–H and O–H groups in total. The Morgan fingerprint density at radius 1 is 1.10 bits per heavy atom. The number of para-hydroxylation sites is 1. The molecule has 1 unspecified atom stereocenters. The van der Waals surface area contributed by atoms with E-state index in [-0.39, 0.29) is 17.9 Å². The maximum absolute atomic E-state index is 13.0. The highest BCUT2D eigenvalue weighted by molar-refractivity contribution is 6.21. The Hall–Kier alpha value is -3.48. The number of aliphatic imine (C=N–C) groups is 1. The first-order valence-corrected chi connectivity index (χ1v) is 9.79. The van der Waals surface area contributed by atoms with Crippen molar-refractivity contribution >= 4 is 34.5 Å². The monoisotopic (exact) mass is 388 g/mol. The molecule has 7 nitrogen and oxygen atoms in total. The molecule has 2 aliphatic heterocycles. The number of piperidine rings is 1. The number of likely N-dealkylation sites (tertiary alicyclic amines) is 1. The smallest absolute Gasteiger partial charge is 0.350 e. The number of nitrogens with zero attached hydrogens (tertiary/aromatic N) is 3. The quantitative estimate of drug-likeness (QED) is 0.858. The van der Waals surface area contributed by atoms with Gasteiger partial charge in [-0.1, -0.05) is 36.4 Å². The fourth-order valence-electron chi connectivity index (χ4n) is 4.34. The Balaban J connectivity index is 1.30. The number of hydrogen-bond acceptors (Lipinski definition) is 3. The number of urea groups is 1. The molecule has 0 saturated carbocycles. The second kappa shape index (κ2) is 6.84. The summed E-state index contributed by atoms with van der Waals surface area (Å²) in [6, 6.07) is 6.98. The fourth-order valence-corrected chi connectivity index (χ4v) is 4.34. The van der Waals surface area contributed by atoms with Gasteiger partial charge in [0.15, 0.2) is 0 Å². The van der Waals surface area contributed by atoms with Crippen molar-refractivity contribution in [2.45, 2.75) is 18.9 Å². The number of aromatic nitrogens is 1. The van der Waals surface area contributed by atoms with Crippen LogP contribution in [0.2, 0.25) is 0 Å². The van der Waals surface area contributed by atoms with Gasteiger partial charge in [0.2, 0.25) is 5.91 Å². The second-order valence-electron chi connectivity index (χ2n) is 7.52. The number of rotatable bonds is 2. The van der Waals surface area contributed by atoms with E-state index in [0.717, 1.165) is 10.9 Å². The minimum Gasteiger partial charge on any atom is -0.360 e. The standard InChI is InChI=1S/C22H20N4O3/c27-20(17-13-23-18-7-3-1-5-15(17)18)25-11-9-14(10-12-25)26-21(28)16-6-2-4-8-19(16)24-22(26)29/h1-8,13-14,16,23H,9-12H2. The highest BCUT2D eigenvalue weighted by Crippen LogP contribution is 2.27. The normalized spacial score (nSPS) is 22.2. The fraction of sp³-hybridized carbons (Fsp3) is 0.273. The van der Waals surface area contributed by atoms with E-state index in [1.807, 2.05) is 24.3 Å². The molecular formula is C22H20N4O3. The van der Waals surface area contributed by atoms with Gasteiger partial charge in [0.1, 0.15) is 0 Å². The summed E-state index contributed by atoms with van der Waals surface area (Å²) in [7, 11) is 0. The van der Waals surface area contributed by atoms with Crippen LogP contribution in [0.1, 0.15) is 23.2 Å². The maximum Gasteiger partial charge on any atom is 0.350 e. The van der Waals surface area contributed by atoms with E-state index in [1.165, 1.54) is 4.90 Å². The lowest BCUT2D eigenvalue weighted by molar-refractivity contribution is -0.131. The molecule has 0 radical (unpaired) electrons. The predicted octanol–water partition coefficient (Wildman–Crippen LogP) is 2.92. The molecule has 0 bridgehead atoms. The minimum atomic E-state index is -0.498. The predicted molar refractivity (Wildman–Crippen MR) is 109 cm³/mol. The van der Waals surface area contributed by atoms with Crippen LogP contribution < -0.4 is 0 Å². The number of H-pyrrole nitrogens is 1. The van der Waals surface area contributed by atoms with E-state index in [0.29, 0.717) is 37.2 Å². The highest BCUT2D eigenvalue weighted by Gasteiger charge is 2.41. The third-order valence-electron chi connectivity index (χ3n) is 5.87. The second-order valence-corrected chi connectivity index (χ2v) is 7.52. The van der Waals surface area contributed by atoms with Gasteiger partial charge >= 0.3 is 6.03 Å². The van der Waals surface area contributed by atoms with Crippen LogP contribution >= 0.6 is 0 Å². The van der Waals surface area contributed by atoms with Crippen LogP contribution in [0.15, 0.2) is 59.8 Å². The summed E-state index contributed by atoms with van der Waals surface area (Å²) < 4.78 is 0. The Morgan fingerprint density at radius 3 is 2.72 bits per heavy atom. The maximum atomic E-state index is 13.0. The zero-order valence-electron chi connectivity index (χ0n) is 15.7. The highest BCUT2D eigenvalue weighted by atomic mass is 16.2. The van der Waals surface area contributed by atoms with Crippen molar-refractivity contribution in [3.05, 3.63) is 60.3 Å². The molecule has 7 heteroatoms. The van der Waals surface area contributed by atoms with E-state index in [2.05, 4.69) is 9.98 Å². The number of allylic oxidation sites excluding steroid dienone is 3. The average Bonchev–Trinajstić information content (AvgIpc) is 3.18. The molecule has 1 saturated heterocycles. The first-order chi connectivity index (χ1) is 14.1. The van der Waals surface area contributed by atoms with E-state index < -0.39 is 11.9 Å². The van der Waals surface area contributed by atoms with Crippen molar-refractivity contribution in [2.75, 3.05) is 13.1 Å². The number of amides is 4. The first kappa shape index (κ1) is 17.6. The number of nitrogens with one attached hydrogen (secondary N) is 1. The summed E-state index contributed by atoms with van der Waals surface area (Å²) in [5, 5.41) is 0.903. The zero-order chi connectivity index (χ0) is 20.0. The summed E-state index contributed by atoms with van der Waals surface area (Å²) in [5.41, 5.74) is 2.08. The SMILES string of the molecule is O=C(c1c[nH]c2ccccc12)N1CCC(N2C(=O)N=C3C=CC=CC3C2=O)CC1. The third-order valence-corrected chi connectivity index (χ3v) is 5.87. The molecule has 1 atom stereocenters. The number of fused-ring (bicyclic) bond motifs is 2. The third kappa shape index (κ3) is 2.90. The molecule has 1 aromatic carbocycles. The van der Waals surface area contributed by atoms with Gasteiger partial charge in [-0.3, -0.25) is 14.5 Å². The van der Waals surface area contributed by atoms with Crippen molar-refractivity contribution in [1.29, 1.82) is 0 Å². The summed E-state index contributed by atoms with van der Waals surface area (Å²) in [6.45, 7) is 0.994. The van der Waals surface area contributed by atoms with Gasteiger partial charge in [-0.15, -0.1) is 0 Å². The van der Waals surface area contributed by atoms with Crippen molar-refractivity contribution in [1.82, 2.24) is 14.8 Å². The van der Waals surface area contributed by atoms with Gasteiger partial charge in [-0.05, 0) is 25.0 Å². The number of aromatic amines is 1. The van der Waals surface area contributed by atoms with Gasteiger partial charge in [0.05, 0.1) is 17.2 Å². The van der Waals surface area contributed by atoms with Crippen molar-refractivity contribution in [3.8, 4) is 0 Å². The molecule has 0 spiro atoms. The Bertz CT molecular complexity index is 1100. The number of hydrogen-bond donors (Lipinski definition) is 1. The van der Waals surface area contributed by atoms with Crippen molar-refractivity contribution < 1.29 is 14.4 Å². The van der Waals surface area contributed by atoms with E-state index in [1.54, 1.807) is 35.4 Å². The minimum absolute atomic E-state index is 0.0298. The molecule has 2 aromatic rings. The molecule has 3 aliphatic rings. The van der Waals surface area contributed by atoms with Gasteiger partial charge < -0.3 is 9.88 Å². The van der Waals surface area contributed by atoms with Crippen LogP contribution in [0, 0.1) is 5.92 Å². The van der Waals surface area contributed by atoms with E-state index >= 15 is 0 Å². The summed E-state index contributed by atoms with van der Waals surface area (Å²) in [4.78, 5) is 48.7. The lowest BCUT2D eigenvalue weighted by Crippen LogP contribution is -2.54. The summed E-state index contributed by atoms with van der Waals surface area (Å²) in [6.07, 6.45) is 9.93. The lowest BCUT2D eigenvalue weighted by atomic mass is 9.93. The number of imide groups is 1. The molecule has 4 amide bonds. The van der Waals surface area contributed by atoms with Gasteiger partial charge in [-0.2, -0.15) is 4.99 Å². The first-order valence-electron chi connectivity index (χ1n) is 9.79. The topological polar surface area (TPSA) is 85.8 Å². The molecule has 5 rings (SSSR count).